The van der Waals surface area contributed by atoms with Crippen molar-refractivity contribution < 1.29 is 9.84 Å². The van der Waals surface area contributed by atoms with Crippen LogP contribution in [0.1, 0.15) is 24.4 Å². The number of benzene rings is 1. The van der Waals surface area contributed by atoms with E-state index in [-0.39, 0.29) is 5.75 Å². The Bertz CT molecular complexity index is 529. The minimum atomic E-state index is 0.156. The van der Waals surface area contributed by atoms with Gasteiger partial charge in [-0.1, -0.05) is 0 Å². The van der Waals surface area contributed by atoms with Crippen molar-refractivity contribution in [1.82, 2.24) is 10.2 Å². The number of phenolic OH excluding ortho intramolecular Hbond substituents is 1. The van der Waals surface area contributed by atoms with Crippen LogP contribution in [0.3, 0.4) is 0 Å². The molecule has 1 aromatic rings. The Balaban J connectivity index is 2.00. The highest BCUT2D eigenvalue weighted by molar-refractivity contribution is 9.13. The molecule has 2 N–H and O–H groups in total. The van der Waals surface area contributed by atoms with Crippen molar-refractivity contribution in [3.63, 3.8) is 0 Å². The maximum absolute atomic E-state index is 10.1. The second kappa shape index (κ2) is 6.44. The lowest BCUT2D eigenvalue weighted by Crippen LogP contribution is -2.45. The Morgan fingerprint density at radius 3 is 2.52 bits per heavy atom. The summed E-state index contributed by atoms with van der Waals surface area (Å²) in [6.07, 6.45) is 2.56. The third-order valence-corrected chi connectivity index (χ3v) is 6.48. The fourth-order valence-corrected chi connectivity index (χ4v) is 4.06. The van der Waals surface area contributed by atoms with E-state index in [0.29, 0.717) is 22.2 Å². The number of nitrogens with zero attached hydrogens (tertiary/aromatic N) is 1. The lowest BCUT2D eigenvalue weighted by Gasteiger charge is -2.36. The van der Waals surface area contributed by atoms with Crippen LogP contribution in [0.2, 0.25) is 0 Å². The highest BCUT2D eigenvalue weighted by Gasteiger charge is 2.38. The molecular formula is C15H20Br2N2O2. The molecule has 0 bridgehead atoms. The monoisotopic (exact) mass is 418 g/mol. The molecule has 3 rings (SSSR count). The van der Waals surface area contributed by atoms with Crippen LogP contribution in [0.25, 0.3) is 0 Å². The molecule has 6 heteroatoms. The predicted octanol–water partition coefficient (Wildman–Crippen LogP) is 3.28. The van der Waals surface area contributed by atoms with E-state index in [1.807, 2.05) is 6.07 Å². The van der Waals surface area contributed by atoms with Crippen LogP contribution < -0.4 is 10.1 Å². The Morgan fingerprint density at radius 2 is 1.95 bits per heavy atom. The normalized spacial score (nSPS) is 21.3. The number of nitrogens with one attached hydrogen (secondary N) is 1. The summed E-state index contributed by atoms with van der Waals surface area (Å²) in [6.45, 7) is 4.21. The van der Waals surface area contributed by atoms with Gasteiger partial charge in [-0.25, -0.2) is 0 Å². The third-order valence-electron chi connectivity index (χ3n) is 4.33. The van der Waals surface area contributed by atoms with Crippen molar-refractivity contribution >= 4 is 31.9 Å². The summed E-state index contributed by atoms with van der Waals surface area (Å²) in [5, 5.41) is 13.5. The zero-order valence-electron chi connectivity index (χ0n) is 12.0. The van der Waals surface area contributed by atoms with Crippen LogP contribution in [0.4, 0.5) is 0 Å². The molecule has 1 saturated heterocycles. The fourth-order valence-electron chi connectivity index (χ4n) is 3.10. The van der Waals surface area contributed by atoms with Gasteiger partial charge in [0.15, 0.2) is 11.5 Å². The summed E-state index contributed by atoms with van der Waals surface area (Å²) >= 11 is 7.13. The van der Waals surface area contributed by atoms with Gasteiger partial charge in [0.05, 0.1) is 11.6 Å². The molecule has 1 aliphatic heterocycles. The van der Waals surface area contributed by atoms with Gasteiger partial charge in [0.2, 0.25) is 0 Å². The summed E-state index contributed by atoms with van der Waals surface area (Å²) < 4.78 is 6.95. The fraction of sp³-hybridized carbons (Fsp3) is 0.600. The van der Waals surface area contributed by atoms with E-state index in [4.69, 9.17) is 4.74 Å². The lowest BCUT2D eigenvalue weighted by molar-refractivity contribution is 0.155. The van der Waals surface area contributed by atoms with E-state index in [2.05, 4.69) is 42.1 Å². The van der Waals surface area contributed by atoms with Crippen LogP contribution in [0.15, 0.2) is 15.0 Å². The molecule has 116 valence electrons. The topological polar surface area (TPSA) is 44.7 Å². The van der Waals surface area contributed by atoms with Crippen molar-refractivity contribution in [3.8, 4) is 11.5 Å². The number of hydrogen-bond acceptors (Lipinski definition) is 4. The molecule has 1 aromatic carbocycles. The summed E-state index contributed by atoms with van der Waals surface area (Å²) in [6, 6.07) is 2.38. The number of hydrogen-bond donors (Lipinski definition) is 2. The highest BCUT2D eigenvalue weighted by Crippen LogP contribution is 2.51. The first-order chi connectivity index (χ1) is 10.1. The van der Waals surface area contributed by atoms with Crippen molar-refractivity contribution in [2.75, 3.05) is 33.3 Å². The molecule has 0 radical (unpaired) electrons. The summed E-state index contributed by atoms with van der Waals surface area (Å²) in [4.78, 5) is 2.55. The van der Waals surface area contributed by atoms with Gasteiger partial charge < -0.3 is 15.2 Å². The van der Waals surface area contributed by atoms with Crippen LogP contribution >= 0.6 is 31.9 Å². The smallest absolute Gasteiger partial charge is 0.173 e. The van der Waals surface area contributed by atoms with Crippen LogP contribution in [0, 0.1) is 5.92 Å². The molecule has 0 unspecified atom stereocenters. The largest absolute Gasteiger partial charge is 0.503 e. The molecule has 4 nitrogen and oxygen atoms in total. The first kappa shape index (κ1) is 15.6. The molecule has 2 aliphatic rings. The molecule has 1 heterocycles. The van der Waals surface area contributed by atoms with Gasteiger partial charge in [-0.15, -0.1) is 0 Å². The van der Waals surface area contributed by atoms with E-state index < -0.39 is 0 Å². The highest BCUT2D eigenvalue weighted by atomic mass is 79.9. The number of rotatable bonds is 4. The van der Waals surface area contributed by atoms with Gasteiger partial charge in [-0.05, 0) is 62.2 Å². The summed E-state index contributed by atoms with van der Waals surface area (Å²) in [5.41, 5.74) is 1.21. The van der Waals surface area contributed by atoms with Crippen LogP contribution in [-0.4, -0.2) is 43.3 Å². The van der Waals surface area contributed by atoms with Crippen LogP contribution in [0.5, 0.6) is 11.5 Å². The van der Waals surface area contributed by atoms with Gasteiger partial charge in [-0.3, -0.25) is 4.90 Å². The molecule has 1 atom stereocenters. The quantitative estimate of drug-likeness (QED) is 0.785. The molecule has 1 aliphatic carbocycles. The number of piperazine rings is 1. The molecule has 21 heavy (non-hydrogen) atoms. The van der Waals surface area contributed by atoms with E-state index >= 15 is 0 Å². The maximum Gasteiger partial charge on any atom is 0.173 e. The van der Waals surface area contributed by atoms with E-state index in [1.165, 1.54) is 18.4 Å². The van der Waals surface area contributed by atoms with E-state index in [1.54, 1.807) is 7.11 Å². The van der Waals surface area contributed by atoms with Crippen LogP contribution in [-0.2, 0) is 0 Å². The van der Waals surface area contributed by atoms with Gasteiger partial charge >= 0.3 is 0 Å². The lowest BCUT2D eigenvalue weighted by atomic mass is 9.99. The molecular weight excluding hydrogens is 400 g/mol. The first-order valence-electron chi connectivity index (χ1n) is 7.33. The number of aromatic hydroxyl groups is 1. The SMILES string of the molecule is COc1cc([C@H](C2CC2)N2CCNCC2)c(Br)c(Br)c1O. The average molecular weight is 420 g/mol. The molecule has 2 fully saturated rings. The maximum atomic E-state index is 10.1. The van der Waals surface area contributed by atoms with Gasteiger partial charge in [0.1, 0.15) is 0 Å². The van der Waals surface area contributed by atoms with Gasteiger partial charge in [-0.2, -0.15) is 0 Å². The number of phenols is 1. The Morgan fingerprint density at radius 1 is 1.29 bits per heavy atom. The van der Waals surface area contributed by atoms with Gasteiger partial charge in [0, 0.05) is 36.7 Å². The minimum Gasteiger partial charge on any atom is -0.503 e. The Kier molecular flexibility index (Phi) is 4.78. The number of halogens is 2. The zero-order chi connectivity index (χ0) is 15.0. The second-order valence-electron chi connectivity index (χ2n) is 5.71. The average Bonchev–Trinajstić information content (AvgIpc) is 3.33. The standard InChI is InChI=1S/C15H20Br2N2O2/c1-21-11-8-10(12(16)13(17)15(11)20)14(9-2-3-9)19-6-4-18-5-7-19/h8-9,14,18,20H,2-7H2,1H3/t14-/m0/s1. The second-order valence-corrected chi connectivity index (χ2v) is 7.30. The molecule has 1 saturated carbocycles. The summed E-state index contributed by atoms with van der Waals surface area (Å²) in [7, 11) is 1.59. The first-order valence-corrected chi connectivity index (χ1v) is 8.91. The molecule has 0 amide bonds. The zero-order valence-corrected chi connectivity index (χ0v) is 15.2. The Hall–Kier alpha value is -0.300. The summed E-state index contributed by atoms with van der Waals surface area (Å²) in [5.74, 6) is 1.39. The van der Waals surface area contributed by atoms with E-state index in [0.717, 1.165) is 30.7 Å². The minimum absolute atomic E-state index is 0.156. The van der Waals surface area contributed by atoms with Crippen molar-refractivity contribution in [1.29, 1.82) is 0 Å². The van der Waals surface area contributed by atoms with Crippen molar-refractivity contribution in [2.45, 2.75) is 18.9 Å². The van der Waals surface area contributed by atoms with Gasteiger partial charge in [0.25, 0.3) is 0 Å². The molecule has 0 spiro atoms. The molecule has 0 aromatic heterocycles. The predicted molar refractivity (Wildman–Crippen MR) is 90.0 cm³/mol. The third kappa shape index (κ3) is 3.09. The Labute approximate surface area is 142 Å². The van der Waals surface area contributed by atoms with Crippen molar-refractivity contribution in [3.05, 3.63) is 20.6 Å². The van der Waals surface area contributed by atoms with E-state index in [9.17, 15) is 5.11 Å². The number of methoxy groups -OCH3 is 1. The number of ether oxygens (including phenoxy) is 1. The van der Waals surface area contributed by atoms with Crippen molar-refractivity contribution in [2.24, 2.45) is 5.92 Å².